The monoisotopic (exact) mass is 306 g/mol. The second-order valence-electron chi connectivity index (χ2n) is 5.14. The summed E-state index contributed by atoms with van der Waals surface area (Å²) in [4.78, 5) is 18.4. The van der Waals surface area contributed by atoms with Crippen LogP contribution in [0.3, 0.4) is 0 Å². The molecule has 2 heterocycles. The molecule has 1 aliphatic heterocycles. The van der Waals surface area contributed by atoms with Crippen LogP contribution in [0.4, 0.5) is 4.39 Å². The number of thiazole rings is 1. The predicted octanol–water partition coefficient (Wildman–Crippen LogP) is 2.32. The summed E-state index contributed by atoms with van der Waals surface area (Å²) < 4.78 is 13.2. The second-order valence-corrected chi connectivity index (χ2v) is 6.31. The van der Waals surface area contributed by atoms with E-state index in [2.05, 4.69) is 4.98 Å². The fourth-order valence-corrected chi connectivity index (χ4v) is 3.72. The van der Waals surface area contributed by atoms with Crippen LogP contribution in [0.1, 0.15) is 21.1 Å². The number of aromatic nitrogens is 1. The zero-order valence-electron chi connectivity index (χ0n) is 11.4. The minimum absolute atomic E-state index is 0.0660. The van der Waals surface area contributed by atoms with Gasteiger partial charge in [0, 0.05) is 30.8 Å². The Kier molecular flexibility index (Phi) is 3.98. The molecule has 0 radical (unpaired) electrons. The van der Waals surface area contributed by atoms with Crippen LogP contribution < -0.4 is 0 Å². The van der Waals surface area contributed by atoms with Crippen molar-refractivity contribution < 1.29 is 14.3 Å². The van der Waals surface area contributed by atoms with Crippen molar-refractivity contribution in [1.29, 1.82) is 0 Å². The fourth-order valence-electron chi connectivity index (χ4n) is 2.53. The smallest absolute Gasteiger partial charge is 0.317 e. The number of carboxylic acid groups (broad SMARTS) is 1. The number of hydrogen-bond donors (Lipinski definition) is 1. The Hall–Kier alpha value is -1.79. The van der Waals surface area contributed by atoms with Crippen LogP contribution in [0.25, 0.3) is 0 Å². The molecule has 0 amide bonds. The number of halogens is 1. The molecular weight excluding hydrogens is 291 g/mol. The summed E-state index contributed by atoms with van der Waals surface area (Å²) in [5.41, 5.74) is 1.97. The highest BCUT2D eigenvalue weighted by Crippen LogP contribution is 2.26. The molecule has 21 heavy (non-hydrogen) atoms. The first-order valence-electron chi connectivity index (χ1n) is 6.76. The topological polar surface area (TPSA) is 53.4 Å². The highest BCUT2D eigenvalue weighted by Gasteiger charge is 2.22. The Morgan fingerprint density at radius 3 is 3.10 bits per heavy atom. The van der Waals surface area contributed by atoms with Gasteiger partial charge in [0.15, 0.2) is 0 Å². The van der Waals surface area contributed by atoms with Crippen LogP contribution >= 0.6 is 11.3 Å². The van der Waals surface area contributed by atoms with Crippen molar-refractivity contribution in [2.24, 2.45) is 0 Å². The normalized spacial score (nSPS) is 14.9. The Labute approximate surface area is 125 Å². The van der Waals surface area contributed by atoms with E-state index in [1.807, 2.05) is 11.0 Å². The van der Waals surface area contributed by atoms with Crippen LogP contribution in [0, 0.1) is 5.82 Å². The van der Waals surface area contributed by atoms with E-state index in [4.69, 9.17) is 5.11 Å². The van der Waals surface area contributed by atoms with Gasteiger partial charge in [-0.15, -0.1) is 11.3 Å². The summed E-state index contributed by atoms with van der Waals surface area (Å²) in [6.45, 7) is 1.43. The molecule has 4 nitrogen and oxygen atoms in total. The van der Waals surface area contributed by atoms with Crippen LogP contribution in [-0.4, -0.2) is 34.0 Å². The molecule has 0 spiro atoms. The van der Waals surface area contributed by atoms with E-state index in [0.29, 0.717) is 13.0 Å². The van der Waals surface area contributed by atoms with Crippen molar-refractivity contribution in [3.05, 3.63) is 51.2 Å². The molecule has 0 atom stereocenters. The molecule has 2 aromatic rings. The summed E-state index contributed by atoms with van der Waals surface area (Å²) in [6, 6.07) is 6.55. The highest BCUT2D eigenvalue weighted by molar-refractivity contribution is 7.11. The zero-order valence-corrected chi connectivity index (χ0v) is 12.2. The molecule has 6 heteroatoms. The fraction of sp³-hybridized carbons (Fsp3) is 0.333. The van der Waals surface area contributed by atoms with Crippen LogP contribution in [0.15, 0.2) is 24.3 Å². The Balaban J connectivity index is 1.73. The second kappa shape index (κ2) is 5.91. The maximum absolute atomic E-state index is 13.2. The molecule has 1 aliphatic rings. The van der Waals surface area contributed by atoms with Crippen molar-refractivity contribution in [2.45, 2.75) is 19.4 Å². The Morgan fingerprint density at radius 2 is 2.33 bits per heavy atom. The molecule has 0 fully saturated rings. The summed E-state index contributed by atoms with van der Waals surface area (Å²) in [5, 5.41) is 9.81. The lowest BCUT2D eigenvalue weighted by Gasteiger charge is -2.23. The largest absolute Gasteiger partial charge is 0.480 e. The third kappa shape index (κ3) is 3.46. The van der Waals surface area contributed by atoms with Gasteiger partial charge in [0.05, 0.1) is 17.2 Å². The predicted molar refractivity (Wildman–Crippen MR) is 77.9 cm³/mol. The molecule has 1 N–H and O–H groups in total. The molecule has 1 aromatic carbocycles. The van der Waals surface area contributed by atoms with Gasteiger partial charge in [-0.3, -0.25) is 9.69 Å². The molecule has 3 rings (SSSR count). The molecule has 0 aliphatic carbocycles. The van der Waals surface area contributed by atoms with Gasteiger partial charge in [0.25, 0.3) is 0 Å². The minimum Gasteiger partial charge on any atom is -0.480 e. The maximum Gasteiger partial charge on any atom is 0.317 e. The lowest BCUT2D eigenvalue weighted by Crippen LogP contribution is -2.34. The molecular formula is C15H15FN2O2S. The number of nitrogens with zero attached hydrogens (tertiary/aromatic N) is 2. The summed E-state index contributed by atoms with van der Waals surface area (Å²) in [6.07, 6.45) is 1.40. The van der Waals surface area contributed by atoms with Gasteiger partial charge in [-0.25, -0.2) is 9.37 Å². The molecule has 0 saturated carbocycles. The number of hydrogen-bond acceptors (Lipinski definition) is 4. The summed E-state index contributed by atoms with van der Waals surface area (Å²) >= 11 is 1.60. The van der Waals surface area contributed by atoms with E-state index >= 15 is 0 Å². The van der Waals surface area contributed by atoms with Gasteiger partial charge >= 0.3 is 5.97 Å². The maximum atomic E-state index is 13.2. The summed E-state index contributed by atoms with van der Waals surface area (Å²) in [5.74, 6) is -1.04. The number of carboxylic acids is 1. The number of carbonyl (C=O) groups is 1. The third-order valence-electron chi connectivity index (χ3n) is 3.46. The standard InChI is InChI=1S/C15H15FN2O2S/c16-11-3-1-2-10(6-11)7-14-17-12-4-5-18(9-15(19)20)8-13(12)21-14/h1-3,6H,4-5,7-9H2,(H,19,20). The average molecular weight is 306 g/mol. The van der Waals surface area contributed by atoms with E-state index in [-0.39, 0.29) is 12.4 Å². The number of aliphatic carboxylic acids is 1. The van der Waals surface area contributed by atoms with Gasteiger partial charge < -0.3 is 5.11 Å². The first-order valence-corrected chi connectivity index (χ1v) is 7.58. The molecule has 0 saturated heterocycles. The summed E-state index contributed by atoms with van der Waals surface area (Å²) in [7, 11) is 0. The first-order chi connectivity index (χ1) is 10.1. The van der Waals surface area contributed by atoms with E-state index < -0.39 is 5.97 Å². The number of rotatable bonds is 4. The molecule has 110 valence electrons. The lowest BCUT2D eigenvalue weighted by atomic mass is 10.1. The number of benzene rings is 1. The van der Waals surface area contributed by atoms with Crippen molar-refractivity contribution in [1.82, 2.24) is 9.88 Å². The minimum atomic E-state index is -0.803. The zero-order chi connectivity index (χ0) is 14.8. The van der Waals surface area contributed by atoms with Crippen molar-refractivity contribution in [2.75, 3.05) is 13.1 Å². The van der Waals surface area contributed by atoms with Gasteiger partial charge in [-0.2, -0.15) is 0 Å². The Bertz CT molecular complexity index is 671. The van der Waals surface area contributed by atoms with E-state index in [1.54, 1.807) is 17.4 Å². The van der Waals surface area contributed by atoms with E-state index in [0.717, 1.165) is 34.1 Å². The SMILES string of the molecule is O=C(O)CN1CCc2nc(Cc3cccc(F)c3)sc2C1. The highest BCUT2D eigenvalue weighted by atomic mass is 32.1. The molecule has 0 unspecified atom stereocenters. The van der Waals surface area contributed by atoms with Crippen LogP contribution in [0.2, 0.25) is 0 Å². The van der Waals surface area contributed by atoms with Crippen LogP contribution in [0.5, 0.6) is 0 Å². The van der Waals surface area contributed by atoms with Crippen molar-refractivity contribution in [3.63, 3.8) is 0 Å². The third-order valence-corrected chi connectivity index (χ3v) is 4.54. The van der Waals surface area contributed by atoms with Gasteiger partial charge in [0.1, 0.15) is 5.82 Å². The average Bonchev–Trinajstić information content (AvgIpc) is 2.79. The first kappa shape index (κ1) is 14.2. The quantitative estimate of drug-likeness (QED) is 0.942. The van der Waals surface area contributed by atoms with Crippen molar-refractivity contribution >= 4 is 17.3 Å². The van der Waals surface area contributed by atoms with Gasteiger partial charge in [-0.1, -0.05) is 12.1 Å². The Morgan fingerprint density at radius 1 is 1.48 bits per heavy atom. The van der Waals surface area contributed by atoms with Gasteiger partial charge in [-0.05, 0) is 17.7 Å². The van der Waals surface area contributed by atoms with E-state index in [1.165, 1.54) is 12.1 Å². The molecule has 1 aromatic heterocycles. The molecule has 0 bridgehead atoms. The lowest BCUT2D eigenvalue weighted by molar-refractivity contribution is -0.138. The van der Waals surface area contributed by atoms with E-state index in [9.17, 15) is 9.18 Å². The van der Waals surface area contributed by atoms with Gasteiger partial charge in [0.2, 0.25) is 0 Å². The van der Waals surface area contributed by atoms with Crippen molar-refractivity contribution in [3.8, 4) is 0 Å². The number of fused-ring (bicyclic) bond motifs is 1. The van der Waals surface area contributed by atoms with Crippen LogP contribution in [-0.2, 0) is 24.2 Å².